The van der Waals surface area contributed by atoms with Gasteiger partial charge in [-0.25, -0.2) is 4.39 Å². The number of aromatic nitrogens is 1. The molecule has 1 amide bonds. The molecule has 1 heterocycles. The minimum atomic E-state index is -2.89. The second-order valence-electron chi connectivity index (χ2n) is 5.29. The third-order valence-electron chi connectivity index (χ3n) is 3.46. The summed E-state index contributed by atoms with van der Waals surface area (Å²) in [7, 11) is 0. The predicted molar refractivity (Wildman–Crippen MR) is 86.1 cm³/mol. The molecule has 1 N–H and O–H groups in total. The summed E-state index contributed by atoms with van der Waals surface area (Å²) in [4.78, 5) is 12.1. The monoisotopic (exact) mass is 362 g/mol. The Kier molecular flexibility index (Phi) is 5.21. The van der Waals surface area contributed by atoms with Gasteiger partial charge in [-0.3, -0.25) is 4.79 Å². The number of carbonyl (C=O) groups excluding carboxylic acids is 1. The molecular formula is C18H13F3N2O3. The smallest absolute Gasteiger partial charge is 0.387 e. The maximum Gasteiger partial charge on any atom is 0.387 e. The minimum Gasteiger partial charge on any atom is -0.435 e. The van der Waals surface area contributed by atoms with Gasteiger partial charge in [-0.15, -0.1) is 0 Å². The number of nitrogens with zero attached hydrogens (tertiary/aromatic N) is 1. The van der Waals surface area contributed by atoms with Crippen LogP contribution in [-0.2, 0) is 6.54 Å². The normalized spacial score (nSPS) is 10.8. The van der Waals surface area contributed by atoms with Gasteiger partial charge >= 0.3 is 6.61 Å². The fourth-order valence-electron chi connectivity index (χ4n) is 2.22. The van der Waals surface area contributed by atoms with Crippen LogP contribution in [0.2, 0.25) is 0 Å². The van der Waals surface area contributed by atoms with Gasteiger partial charge in [-0.05, 0) is 29.8 Å². The highest BCUT2D eigenvalue weighted by Gasteiger charge is 2.14. The summed E-state index contributed by atoms with van der Waals surface area (Å²) in [5.74, 6) is -0.921. The average molecular weight is 362 g/mol. The van der Waals surface area contributed by atoms with Crippen molar-refractivity contribution < 1.29 is 27.2 Å². The number of hydrogen-bond acceptors (Lipinski definition) is 4. The van der Waals surface area contributed by atoms with Crippen LogP contribution in [0.5, 0.6) is 5.75 Å². The van der Waals surface area contributed by atoms with Crippen molar-refractivity contribution >= 4 is 5.91 Å². The zero-order valence-electron chi connectivity index (χ0n) is 13.3. The molecule has 0 aliphatic rings. The number of rotatable bonds is 6. The molecule has 0 bridgehead atoms. The number of ether oxygens (including phenoxy) is 1. The van der Waals surface area contributed by atoms with E-state index in [9.17, 15) is 18.0 Å². The fourth-order valence-corrected chi connectivity index (χ4v) is 2.22. The Morgan fingerprint density at radius 3 is 2.62 bits per heavy atom. The van der Waals surface area contributed by atoms with E-state index in [1.165, 1.54) is 36.4 Å². The molecule has 0 fully saturated rings. The molecule has 0 saturated carbocycles. The van der Waals surface area contributed by atoms with Gasteiger partial charge in [-0.1, -0.05) is 29.4 Å². The van der Waals surface area contributed by atoms with Gasteiger partial charge in [0.1, 0.15) is 17.3 Å². The van der Waals surface area contributed by atoms with Crippen molar-refractivity contribution in [1.29, 1.82) is 0 Å². The summed E-state index contributed by atoms with van der Waals surface area (Å²) in [6, 6.07) is 13.0. The van der Waals surface area contributed by atoms with Crippen LogP contribution in [0.3, 0.4) is 0 Å². The first-order chi connectivity index (χ1) is 12.5. The molecule has 0 atom stereocenters. The molecule has 1 aromatic heterocycles. The van der Waals surface area contributed by atoms with Gasteiger partial charge in [0.2, 0.25) is 5.76 Å². The van der Waals surface area contributed by atoms with Crippen molar-refractivity contribution in [1.82, 2.24) is 10.5 Å². The number of halogens is 3. The van der Waals surface area contributed by atoms with Crippen molar-refractivity contribution in [3.05, 3.63) is 71.7 Å². The number of nitrogens with one attached hydrogen (secondary N) is 1. The Morgan fingerprint density at radius 2 is 1.92 bits per heavy atom. The van der Waals surface area contributed by atoms with E-state index >= 15 is 0 Å². The molecule has 134 valence electrons. The van der Waals surface area contributed by atoms with E-state index in [4.69, 9.17) is 4.52 Å². The first-order valence-corrected chi connectivity index (χ1v) is 7.56. The molecule has 0 aliphatic heterocycles. The summed E-state index contributed by atoms with van der Waals surface area (Å²) in [5, 5.41) is 6.37. The molecule has 0 radical (unpaired) electrons. The third-order valence-corrected chi connectivity index (χ3v) is 3.46. The van der Waals surface area contributed by atoms with Crippen molar-refractivity contribution in [2.45, 2.75) is 13.2 Å². The van der Waals surface area contributed by atoms with Crippen LogP contribution < -0.4 is 10.1 Å². The van der Waals surface area contributed by atoms with E-state index < -0.39 is 18.3 Å². The largest absolute Gasteiger partial charge is 0.435 e. The van der Waals surface area contributed by atoms with E-state index in [0.29, 0.717) is 16.8 Å². The molecule has 2 aromatic carbocycles. The molecule has 0 unspecified atom stereocenters. The summed E-state index contributed by atoms with van der Waals surface area (Å²) >= 11 is 0. The van der Waals surface area contributed by atoms with Gasteiger partial charge in [0.15, 0.2) is 0 Å². The highest BCUT2D eigenvalue weighted by atomic mass is 19.3. The molecule has 26 heavy (non-hydrogen) atoms. The zero-order chi connectivity index (χ0) is 18.5. The van der Waals surface area contributed by atoms with Crippen LogP contribution in [-0.4, -0.2) is 17.7 Å². The Bertz CT molecular complexity index is 895. The molecule has 5 nitrogen and oxygen atoms in total. The molecule has 0 spiro atoms. The molecule has 3 rings (SSSR count). The molecule has 8 heteroatoms. The van der Waals surface area contributed by atoms with Gasteiger partial charge in [0.05, 0.1) is 0 Å². The Hall–Kier alpha value is -3.29. The Labute approximate surface area is 146 Å². The lowest BCUT2D eigenvalue weighted by Crippen LogP contribution is -2.22. The molecule has 0 saturated heterocycles. The van der Waals surface area contributed by atoms with Crippen LogP contribution in [0.1, 0.15) is 16.1 Å². The molecular weight excluding hydrogens is 349 g/mol. The second-order valence-corrected chi connectivity index (χ2v) is 5.29. The molecule has 0 aliphatic carbocycles. The van der Waals surface area contributed by atoms with Crippen molar-refractivity contribution in [3.63, 3.8) is 0 Å². The van der Waals surface area contributed by atoms with E-state index in [1.54, 1.807) is 18.2 Å². The van der Waals surface area contributed by atoms with Gasteiger partial charge in [0.25, 0.3) is 5.91 Å². The van der Waals surface area contributed by atoms with E-state index in [2.05, 4.69) is 15.2 Å². The van der Waals surface area contributed by atoms with E-state index in [0.717, 1.165) is 0 Å². The zero-order valence-corrected chi connectivity index (χ0v) is 13.3. The van der Waals surface area contributed by atoms with Crippen LogP contribution in [0.25, 0.3) is 11.3 Å². The van der Waals surface area contributed by atoms with Crippen LogP contribution >= 0.6 is 0 Å². The second kappa shape index (κ2) is 7.73. The van der Waals surface area contributed by atoms with Gasteiger partial charge in [0, 0.05) is 18.2 Å². The Morgan fingerprint density at radius 1 is 1.15 bits per heavy atom. The van der Waals surface area contributed by atoms with E-state index in [-0.39, 0.29) is 18.1 Å². The summed E-state index contributed by atoms with van der Waals surface area (Å²) < 4.78 is 46.7. The van der Waals surface area contributed by atoms with Crippen molar-refractivity contribution in [3.8, 4) is 17.0 Å². The lowest BCUT2D eigenvalue weighted by Gasteiger charge is -2.06. The van der Waals surface area contributed by atoms with Crippen LogP contribution in [0.15, 0.2) is 59.1 Å². The maximum absolute atomic E-state index is 13.2. The van der Waals surface area contributed by atoms with Crippen LogP contribution in [0.4, 0.5) is 13.2 Å². The fraction of sp³-hybridized carbons (Fsp3) is 0.111. The van der Waals surface area contributed by atoms with Crippen LogP contribution in [0, 0.1) is 5.82 Å². The van der Waals surface area contributed by atoms with Crippen molar-refractivity contribution in [2.75, 3.05) is 0 Å². The third kappa shape index (κ3) is 4.41. The van der Waals surface area contributed by atoms with E-state index in [1.807, 2.05) is 0 Å². The number of carbonyl (C=O) groups is 1. The predicted octanol–water partition coefficient (Wildman–Crippen LogP) is 4.01. The maximum atomic E-state index is 13.2. The number of alkyl halides is 2. The highest BCUT2D eigenvalue weighted by molar-refractivity contribution is 5.92. The summed E-state index contributed by atoms with van der Waals surface area (Å²) in [5.41, 5.74) is 1.51. The van der Waals surface area contributed by atoms with Gasteiger partial charge in [-0.2, -0.15) is 8.78 Å². The Balaban J connectivity index is 1.60. The SMILES string of the molecule is O=C(NCc1ccc(OC(F)F)cc1)c1cc(-c2cccc(F)c2)no1. The number of amides is 1. The lowest BCUT2D eigenvalue weighted by atomic mass is 10.1. The number of hydrogen-bond donors (Lipinski definition) is 1. The standard InChI is InChI=1S/C18H13F3N2O3/c19-13-3-1-2-12(8-13)15-9-16(26-23-15)17(24)22-10-11-4-6-14(7-5-11)25-18(20)21/h1-9,18H,10H2,(H,22,24). The quantitative estimate of drug-likeness (QED) is 0.720. The van der Waals surface area contributed by atoms with Gasteiger partial charge < -0.3 is 14.6 Å². The first kappa shape index (κ1) is 17.5. The highest BCUT2D eigenvalue weighted by Crippen LogP contribution is 2.20. The first-order valence-electron chi connectivity index (χ1n) is 7.56. The summed E-state index contributed by atoms with van der Waals surface area (Å²) in [6.07, 6.45) is 0. The number of benzene rings is 2. The minimum absolute atomic E-state index is 0.0260. The molecule has 3 aromatic rings. The topological polar surface area (TPSA) is 64.4 Å². The van der Waals surface area contributed by atoms with Crippen molar-refractivity contribution in [2.24, 2.45) is 0 Å². The summed E-state index contributed by atoms with van der Waals surface area (Å²) in [6.45, 7) is -2.73. The lowest BCUT2D eigenvalue weighted by molar-refractivity contribution is -0.0498. The average Bonchev–Trinajstić information content (AvgIpc) is 3.11.